The first kappa shape index (κ1) is 17.8. The minimum absolute atomic E-state index is 0.00398. The summed E-state index contributed by atoms with van der Waals surface area (Å²) in [7, 11) is 0. The number of likely N-dealkylation sites (tertiary alicyclic amines) is 1. The van der Waals surface area contributed by atoms with Crippen LogP contribution in [0.25, 0.3) is 0 Å². The first-order valence-electron chi connectivity index (χ1n) is 9.73. The maximum Gasteiger partial charge on any atom is 0.274 e. The van der Waals surface area contributed by atoms with Gasteiger partial charge in [0.05, 0.1) is 18.3 Å². The fraction of sp³-hybridized carbons (Fsp3) is 0.476. The Morgan fingerprint density at radius 3 is 2.70 bits per heavy atom. The van der Waals surface area contributed by atoms with E-state index in [4.69, 9.17) is 0 Å². The Kier molecular flexibility index (Phi) is 4.72. The van der Waals surface area contributed by atoms with Gasteiger partial charge in [-0.1, -0.05) is 24.3 Å². The predicted octanol–water partition coefficient (Wildman–Crippen LogP) is 2.92. The molecule has 0 N–H and O–H groups in total. The maximum atomic E-state index is 13.2. The number of amides is 2. The molecule has 6 nitrogen and oxygen atoms in total. The molecule has 2 amide bonds. The van der Waals surface area contributed by atoms with Crippen molar-refractivity contribution in [2.45, 2.75) is 52.2 Å². The molecular weight excluding hydrogens is 340 g/mol. The largest absolute Gasteiger partial charge is 0.337 e. The average Bonchev–Trinajstić information content (AvgIpc) is 3.24. The zero-order chi connectivity index (χ0) is 19.0. The lowest BCUT2D eigenvalue weighted by Crippen LogP contribution is -2.31. The first-order chi connectivity index (χ1) is 13.0. The highest BCUT2D eigenvalue weighted by Crippen LogP contribution is 2.34. The predicted molar refractivity (Wildman–Crippen MR) is 102 cm³/mol. The molecular formula is C21H26N4O2. The fourth-order valence-electron chi connectivity index (χ4n) is 4.28. The molecule has 0 spiro atoms. The second-order valence-electron chi connectivity index (χ2n) is 7.55. The summed E-state index contributed by atoms with van der Waals surface area (Å²) in [5, 5.41) is 4.59. The smallest absolute Gasteiger partial charge is 0.274 e. The molecule has 1 saturated heterocycles. The van der Waals surface area contributed by atoms with E-state index in [-0.39, 0.29) is 17.9 Å². The van der Waals surface area contributed by atoms with E-state index in [9.17, 15) is 9.59 Å². The van der Waals surface area contributed by atoms with Crippen molar-refractivity contribution >= 4 is 11.8 Å². The molecule has 1 aromatic carbocycles. The minimum atomic E-state index is -0.00398. The molecule has 0 aliphatic carbocycles. The van der Waals surface area contributed by atoms with Gasteiger partial charge < -0.3 is 9.80 Å². The van der Waals surface area contributed by atoms with Gasteiger partial charge in [-0.25, -0.2) is 0 Å². The van der Waals surface area contributed by atoms with E-state index in [2.05, 4.69) is 24.2 Å². The Hall–Kier alpha value is -2.63. The number of rotatable bonds is 2. The summed E-state index contributed by atoms with van der Waals surface area (Å²) >= 11 is 0. The summed E-state index contributed by atoms with van der Waals surface area (Å²) in [6.07, 6.45) is 2.86. The number of carbonyl (C=O) groups excluding carboxylic acids is 2. The van der Waals surface area contributed by atoms with Crippen LogP contribution in [0.3, 0.4) is 0 Å². The van der Waals surface area contributed by atoms with Crippen LogP contribution in [0.5, 0.6) is 0 Å². The summed E-state index contributed by atoms with van der Waals surface area (Å²) in [5.41, 5.74) is 3.89. The second kappa shape index (κ2) is 7.18. The third-order valence-electron chi connectivity index (χ3n) is 5.74. The van der Waals surface area contributed by atoms with Crippen molar-refractivity contribution in [1.29, 1.82) is 0 Å². The SMILES string of the molecule is CC(=O)N1CCCn2nc(C(=O)N3CCC[C@H]3c3ccccc3C)cc2C1. The highest BCUT2D eigenvalue weighted by molar-refractivity contribution is 5.93. The topological polar surface area (TPSA) is 58.4 Å². The Balaban J connectivity index is 1.59. The molecule has 6 heteroatoms. The second-order valence-corrected chi connectivity index (χ2v) is 7.55. The molecule has 1 atom stereocenters. The van der Waals surface area contributed by atoms with Crippen LogP contribution in [0.1, 0.15) is 59.5 Å². The van der Waals surface area contributed by atoms with Gasteiger partial charge in [0.15, 0.2) is 5.69 Å². The third kappa shape index (κ3) is 3.36. The van der Waals surface area contributed by atoms with E-state index < -0.39 is 0 Å². The minimum Gasteiger partial charge on any atom is -0.337 e. The summed E-state index contributed by atoms with van der Waals surface area (Å²) in [6.45, 7) is 6.47. The van der Waals surface area contributed by atoms with Gasteiger partial charge in [0.25, 0.3) is 5.91 Å². The van der Waals surface area contributed by atoms with Crippen LogP contribution in [-0.2, 0) is 17.9 Å². The number of aryl methyl sites for hydroxylation is 2. The monoisotopic (exact) mass is 366 g/mol. The van der Waals surface area contributed by atoms with E-state index in [0.29, 0.717) is 12.2 Å². The lowest BCUT2D eigenvalue weighted by atomic mass is 9.99. The summed E-state index contributed by atoms with van der Waals surface area (Å²) in [4.78, 5) is 28.8. The van der Waals surface area contributed by atoms with Crippen LogP contribution in [0.2, 0.25) is 0 Å². The van der Waals surface area contributed by atoms with Gasteiger partial charge in [-0.2, -0.15) is 5.10 Å². The normalized spacial score (nSPS) is 19.7. The number of hydrogen-bond donors (Lipinski definition) is 0. The highest BCUT2D eigenvalue weighted by Gasteiger charge is 2.33. The van der Waals surface area contributed by atoms with E-state index in [0.717, 1.165) is 44.6 Å². The van der Waals surface area contributed by atoms with Crippen molar-refractivity contribution in [2.75, 3.05) is 13.1 Å². The lowest BCUT2D eigenvalue weighted by molar-refractivity contribution is -0.129. The van der Waals surface area contributed by atoms with E-state index in [1.807, 2.05) is 32.7 Å². The zero-order valence-electron chi connectivity index (χ0n) is 16.0. The quantitative estimate of drug-likeness (QED) is 0.821. The van der Waals surface area contributed by atoms with Crippen molar-refractivity contribution in [3.05, 3.63) is 52.8 Å². The molecule has 0 unspecified atom stereocenters. The molecule has 0 saturated carbocycles. The zero-order valence-corrected chi connectivity index (χ0v) is 16.0. The van der Waals surface area contributed by atoms with Gasteiger partial charge in [-0.3, -0.25) is 14.3 Å². The van der Waals surface area contributed by atoms with Crippen molar-refractivity contribution in [3.63, 3.8) is 0 Å². The van der Waals surface area contributed by atoms with E-state index >= 15 is 0 Å². The molecule has 3 heterocycles. The van der Waals surface area contributed by atoms with Gasteiger partial charge in [0.1, 0.15) is 0 Å². The van der Waals surface area contributed by atoms with Gasteiger partial charge in [-0.15, -0.1) is 0 Å². The number of aromatic nitrogens is 2. The Morgan fingerprint density at radius 1 is 1.11 bits per heavy atom. The number of hydrogen-bond acceptors (Lipinski definition) is 3. The Morgan fingerprint density at radius 2 is 1.93 bits per heavy atom. The highest BCUT2D eigenvalue weighted by atomic mass is 16.2. The van der Waals surface area contributed by atoms with Gasteiger partial charge >= 0.3 is 0 Å². The number of fused-ring (bicyclic) bond motifs is 1. The van der Waals surface area contributed by atoms with Crippen LogP contribution in [0.4, 0.5) is 0 Å². The molecule has 0 radical (unpaired) electrons. The van der Waals surface area contributed by atoms with Crippen molar-refractivity contribution in [2.24, 2.45) is 0 Å². The third-order valence-corrected chi connectivity index (χ3v) is 5.74. The van der Waals surface area contributed by atoms with Crippen molar-refractivity contribution < 1.29 is 9.59 Å². The fourth-order valence-corrected chi connectivity index (χ4v) is 4.28. The van der Waals surface area contributed by atoms with Gasteiger partial charge in [0, 0.05) is 26.6 Å². The van der Waals surface area contributed by atoms with Crippen LogP contribution < -0.4 is 0 Å². The van der Waals surface area contributed by atoms with Crippen molar-refractivity contribution in [3.8, 4) is 0 Å². The Bertz CT molecular complexity index is 873. The van der Waals surface area contributed by atoms with Gasteiger partial charge in [-0.05, 0) is 43.4 Å². The van der Waals surface area contributed by atoms with Gasteiger partial charge in [0.2, 0.25) is 5.91 Å². The summed E-state index contributed by atoms with van der Waals surface area (Å²) in [5.74, 6) is 0.0624. The summed E-state index contributed by atoms with van der Waals surface area (Å²) < 4.78 is 1.90. The van der Waals surface area contributed by atoms with Crippen LogP contribution in [0.15, 0.2) is 30.3 Å². The van der Waals surface area contributed by atoms with E-state index in [1.54, 1.807) is 6.92 Å². The Labute approximate surface area is 159 Å². The molecule has 2 aliphatic heterocycles. The molecule has 27 heavy (non-hydrogen) atoms. The molecule has 2 aliphatic rings. The standard InChI is InChI=1S/C21H26N4O2/c1-15-7-3-4-8-18(15)20-9-5-11-24(20)21(27)19-13-17-14-23(16(2)26)10-6-12-25(17)22-19/h3-4,7-8,13,20H,5-6,9-12,14H2,1-2H3/t20-/m0/s1. The summed E-state index contributed by atoms with van der Waals surface area (Å²) in [6, 6.07) is 10.3. The first-order valence-corrected chi connectivity index (χ1v) is 9.73. The average molecular weight is 366 g/mol. The molecule has 1 aromatic heterocycles. The number of benzene rings is 1. The molecule has 2 aromatic rings. The lowest BCUT2D eigenvalue weighted by Gasteiger charge is -2.25. The molecule has 4 rings (SSSR count). The molecule has 1 fully saturated rings. The number of carbonyl (C=O) groups is 2. The maximum absolute atomic E-state index is 13.2. The number of nitrogens with zero attached hydrogens (tertiary/aromatic N) is 4. The van der Waals surface area contributed by atoms with Crippen LogP contribution in [0, 0.1) is 6.92 Å². The van der Waals surface area contributed by atoms with Crippen LogP contribution in [-0.4, -0.2) is 44.5 Å². The molecule has 0 bridgehead atoms. The van der Waals surface area contributed by atoms with Crippen molar-refractivity contribution in [1.82, 2.24) is 19.6 Å². The van der Waals surface area contributed by atoms with Crippen LogP contribution >= 0.6 is 0 Å². The van der Waals surface area contributed by atoms with E-state index in [1.165, 1.54) is 11.1 Å². The molecule has 142 valence electrons.